The molecule has 4 heteroatoms. The normalized spacial score (nSPS) is 9.30. The fourth-order valence-corrected chi connectivity index (χ4v) is 0.687. The van der Waals surface area contributed by atoms with E-state index in [-0.39, 0.29) is 0 Å². The van der Waals surface area contributed by atoms with E-state index in [2.05, 4.69) is 16.8 Å². The Morgan fingerprint density at radius 2 is 2.60 bits per heavy atom. The van der Waals surface area contributed by atoms with Crippen LogP contribution in [0.3, 0.4) is 0 Å². The standard InChI is InChI=1S/C6H7N3O/c1-5-6(3-10)9(7-2)4-8-5/h3-4H,2H2,1H3. The van der Waals surface area contributed by atoms with Gasteiger partial charge in [-0.2, -0.15) is 5.10 Å². The van der Waals surface area contributed by atoms with Crippen molar-refractivity contribution in [2.75, 3.05) is 0 Å². The third-order valence-corrected chi connectivity index (χ3v) is 1.24. The summed E-state index contributed by atoms with van der Waals surface area (Å²) in [5, 5.41) is 3.54. The van der Waals surface area contributed by atoms with Gasteiger partial charge in [-0.25, -0.2) is 9.66 Å². The Morgan fingerprint density at radius 3 is 3.00 bits per heavy atom. The van der Waals surface area contributed by atoms with Crippen LogP contribution in [0.2, 0.25) is 0 Å². The van der Waals surface area contributed by atoms with Crippen molar-refractivity contribution in [2.45, 2.75) is 6.92 Å². The van der Waals surface area contributed by atoms with Gasteiger partial charge in [0.1, 0.15) is 12.0 Å². The Morgan fingerprint density at radius 1 is 1.90 bits per heavy atom. The molecule has 0 spiro atoms. The lowest BCUT2D eigenvalue weighted by Crippen LogP contribution is -1.92. The van der Waals surface area contributed by atoms with Crippen molar-refractivity contribution in [3.8, 4) is 0 Å². The second kappa shape index (κ2) is 2.43. The monoisotopic (exact) mass is 137 g/mol. The average molecular weight is 137 g/mol. The number of hydrogen-bond acceptors (Lipinski definition) is 3. The van der Waals surface area contributed by atoms with Crippen LogP contribution < -0.4 is 0 Å². The second-order valence-electron chi connectivity index (χ2n) is 1.82. The summed E-state index contributed by atoms with van der Waals surface area (Å²) in [7, 11) is 0. The summed E-state index contributed by atoms with van der Waals surface area (Å²) in [5.41, 5.74) is 1.12. The lowest BCUT2D eigenvalue weighted by atomic mass is 10.4. The van der Waals surface area contributed by atoms with Crippen molar-refractivity contribution in [1.29, 1.82) is 0 Å². The minimum absolute atomic E-state index is 0.454. The topological polar surface area (TPSA) is 47.2 Å². The highest BCUT2D eigenvalue weighted by molar-refractivity contribution is 5.73. The maximum atomic E-state index is 10.3. The molecule has 0 atom stereocenters. The summed E-state index contributed by atoms with van der Waals surface area (Å²) < 4.78 is 1.34. The highest BCUT2D eigenvalue weighted by Gasteiger charge is 2.02. The molecule has 0 aliphatic heterocycles. The van der Waals surface area contributed by atoms with Gasteiger partial charge in [0.2, 0.25) is 0 Å². The van der Waals surface area contributed by atoms with Gasteiger partial charge in [0.25, 0.3) is 0 Å². The number of imidazole rings is 1. The van der Waals surface area contributed by atoms with Gasteiger partial charge in [-0.05, 0) is 6.92 Å². The number of carbonyl (C=O) groups is 1. The molecule has 52 valence electrons. The summed E-state index contributed by atoms with van der Waals surface area (Å²) >= 11 is 0. The van der Waals surface area contributed by atoms with Crippen LogP contribution in [0.15, 0.2) is 11.4 Å². The molecule has 1 aromatic heterocycles. The number of aromatic nitrogens is 2. The Kier molecular flexibility index (Phi) is 1.62. The number of hydrogen-bond donors (Lipinski definition) is 0. The van der Waals surface area contributed by atoms with Gasteiger partial charge >= 0.3 is 0 Å². The minimum Gasteiger partial charge on any atom is -0.296 e. The lowest BCUT2D eigenvalue weighted by molar-refractivity contribution is 0.111. The largest absolute Gasteiger partial charge is 0.296 e. The van der Waals surface area contributed by atoms with Crippen LogP contribution in [0.4, 0.5) is 0 Å². The molecule has 0 aromatic carbocycles. The fourth-order valence-electron chi connectivity index (χ4n) is 0.687. The van der Waals surface area contributed by atoms with E-state index >= 15 is 0 Å². The van der Waals surface area contributed by atoms with Crippen LogP contribution in [-0.4, -0.2) is 22.7 Å². The van der Waals surface area contributed by atoms with Crippen molar-refractivity contribution in [2.24, 2.45) is 5.10 Å². The zero-order chi connectivity index (χ0) is 7.56. The van der Waals surface area contributed by atoms with Crippen LogP contribution in [0, 0.1) is 6.92 Å². The lowest BCUT2D eigenvalue weighted by Gasteiger charge is -1.90. The van der Waals surface area contributed by atoms with Crippen molar-refractivity contribution >= 4 is 13.0 Å². The molecule has 4 nitrogen and oxygen atoms in total. The van der Waals surface area contributed by atoms with Crippen molar-refractivity contribution in [3.63, 3.8) is 0 Å². The highest BCUT2D eigenvalue weighted by Crippen LogP contribution is 2.01. The Balaban J connectivity index is 3.25. The highest BCUT2D eigenvalue weighted by atomic mass is 16.1. The smallest absolute Gasteiger partial charge is 0.170 e. The van der Waals surface area contributed by atoms with Crippen LogP contribution in [0.5, 0.6) is 0 Å². The van der Waals surface area contributed by atoms with E-state index in [1.807, 2.05) is 0 Å². The number of nitrogens with zero attached hydrogens (tertiary/aromatic N) is 3. The Hall–Kier alpha value is -1.45. The molecule has 0 bridgehead atoms. The first-order valence-corrected chi connectivity index (χ1v) is 2.75. The molecule has 0 aliphatic carbocycles. The van der Waals surface area contributed by atoms with E-state index in [1.54, 1.807) is 6.92 Å². The minimum atomic E-state index is 0.454. The van der Waals surface area contributed by atoms with Crippen LogP contribution in [0.25, 0.3) is 0 Å². The molecule has 0 N–H and O–H groups in total. The maximum absolute atomic E-state index is 10.3. The van der Waals surface area contributed by atoms with Gasteiger partial charge in [0, 0.05) is 6.72 Å². The summed E-state index contributed by atoms with van der Waals surface area (Å²) in [5.74, 6) is 0. The van der Waals surface area contributed by atoms with Crippen molar-refractivity contribution in [3.05, 3.63) is 17.7 Å². The predicted molar refractivity (Wildman–Crippen MR) is 37.3 cm³/mol. The number of aryl methyl sites for hydroxylation is 1. The van der Waals surface area contributed by atoms with Crippen molar-refractivity contribution in [1.82, 2.24) is 9.66 Å². The van der Waals surface area contributed by atoms with E-state index in [9.17, 15) is 4.79 Å². The third-order valence-electron chi connectivity index (χ3n) is 1.24. The predicted octanol–water partition coefficient (Wildman–Crippen LogP) is 0.468. The molecule has 0 unspecified atom stereocenters. The SMILES string of the molecule is C=Nn1cnc(C)c1C=O. The molecule has 0 amide bonds. The van der Waals surface area contributed by atoms with Crippen molar-refractivity contribution < 1.29 is 4.79 Å². The fraction of sp³-hybridized carbons (Fsp3) is 0.167. The molecule has 1 aromatic rings. The van der Waals surface area contributed by atoms with Gasteiger partial charge in [0.15, 0.2) is 6.29 Å². The number of rotatable bonds is 2. The molecule has 0 fully saturated rings. The summed E-state index contributed by atoms with van der Waals surface area (Å²) in [6, 6.07) is 0. The van der Waals surface area contributed by atoms with E-state index in [1.165, 1.54) is 11.0 Å². The zero-order valence-corrected chi connectivity index (χ0v) is 5.61. The molecule has 0 radical (unpaired) electrons. The first kappa shape index (κ1) is 6.67. The van der Waals surface area contributed by atoms with E-state index < -0.39 is 0 Å². The summed E-state index contributed by atoms with van der Waals surface area (Å²) in [4.78, 5) is 14.2. The van der Waals surface area contributed by atoms with Crippen LogP contribution >= 0.6 is 0 Å². The van der Waals surface area contributed by atoms with Crippen LogP contribution in [0.1, 0.15) is 16.2 Å². The van der Waals surface area contributed by atoms with Gasteiger partial charge in [0.05, 0.1) is 5.69 Å². The summed E-state index contributed by atoms with van der Waals surface area (Å²) in [6.07, 6.45) is 2.16. The van der Waals surface area contributed by atoms with E-state index in [0.717, 1.165) is 0 Å². The molecule has 1 heterocycles. The Bertz CT molecular complexity index is 264. The molecular formula is C6H7N3O. The first-order valence-electron chi connectivity index (χ1n) is 2.75. The van der Waals surface area contributed by atoms with Gasteiger partial charge in [-0.1, -0.05) is 0 Å². The van der Waals surface area contributed by atoms with E-state index in [0.29, 0.717) is 17.7 Å². The number of aldehydes is 1. The zero-order valence-electron chi connectivity index (χ0n) is 5.61. The molecule has 0 saturated carbocycles. The molecular weight excluding hydrogens is 130 g/mol. The van der Waals surface area contributed by atoms with Gasteiger partial charge < -0.3 is 0 Å². The molecule has 0 saturated heterocycles. The molecule has 0 aliphatic rings. The quantitative estimate of drug-likeness (QED) is 0.439. The third kappa shape index (κ3) is 0.834. The molecule has 1 rings (SSSR count). The van der Waals surface area contributed by atoms with Crippen LogP contribution in [-0.2, 0) is 0 Å². The summed E-state index contributed by atoms with van der Waals surface area (Å²) in [6.45, 7) is 5.01. The maximum Gasteiger partial charge on any atom is 0.170 e. The second-order valence-corrected chi connectivity index (χ2v) is 1.82. The van der Waals surface area contributed by atoms with Gasteiger partial charge in [-0.3, -0.25) is 4.79 Å². The van der Waals surface area contributed by atoms with E-state index in [4.69, 9.17) is 0 Å². The average Bonchev–Trinajstić information content (AvgIpc) is 2.30. The first-order chi connectivity index (χ1) is 4.79. The Labute approximate surface area is 58.2 Å². The number of carbonyl (C=O) groups excluding carboxylic acids is 1. The van der Waals surface area contributed by atoms with Gasteiger partial charge in [-0.15, -0.1) is 0 Å². The molecule has 10 heavy (non-hydrogen) atoms.